The number of carbonyl (C=O) groups excluding carboxylic acids is 3. The van der Waals surface area contributed by atoms with Gasteiger partial charge < -0.3 is 20.0 Å². The van der Waals surface area contributed by atoms with Gasteiger partial charge in [-0.3, -0.25) is 4.79 Å². The third-order valence-corrected chi connectivity index (χ3v) is 5.09. The highest BCUT2D eigenvalue weighted by Crippen LogP contribution is 2.29. The first-order valence-corrected chi connectivity index (χ1v) is 10.5. The Kier molecular flexibility index (Phi) is 8.08. The molecule has 0 aliphatic carbocycles. The second kappa shape index (κ2) is 10.3. The number of anilines is 2. The fraction of sp³-hybridized carbons (Fsp3) is 0.591. The smallest absolute Gasteiger partial charge is 0.332 e. The van der Waals surface area contributed by atoms with Crippen molar-refractivity contribution in [1.82, 2.24) is 15.1 Å². The molecule has 30 heavy (non-hydrogen) atoms. The monoisotopic (exact) mass is 417 g/mol. The standard InChI is InChI=1S/C22H35N5O3/c1-16(2)15-26-19(9-7-8-14-23-21(29)25(5)6)20(28)27(22(26)30)18-12-10-17(11-13-18)24(3)4/h10-13,16,19H,7-9,14-15H2,1-6H3,(H,23,29)/t19-/m0/s1. The first-order valence-electron chi connectivity index (χ1n) is 10.5. The summed E-state index contributed by atoms with van der Waals surface area (Å²) in [5.41, 5.74) is 1.61. The molecule has 0 spiro atoms. The number of hydrogen-bond donors (Lipinski definition) is 1. The molecular weight excluding hydrogens is 382 g/mol. The molecule has 0 unspecified atom stereocenters. The summed E-state index contributed by atoms with van der Waals surface area (Å²) in [6.45, 7) is 5.17. The molecule has 1 saturated heterocycles. The van der Waals surface area contributed by atoms with Gasteiger partial charge in [0.15, 0.2) is 0 Å². The first-order chi connectivity index (χ1) is 14.1. The minimum absolute atomic E-state index is 0.129. The topological polar surface area (TPSA) is 76.2 Å². The average Bonchev–Trinajstić information content (AvgIpc) is 2.90. The van der Waals surface area contributed by atoms with Crippen LogP contribution in [0.2, 0.25) is 0 Å². The van der Waals surface area contributed by atoms with Crippen LogP contribution in [0, 0.1) is 5.92 Å². The van der Waals surface area contributed by atoms with Gasteiger partial charge in [-0.05, 0) is 49.4 Å². The molecule has 0 aromatic heterocycles. The maximum absolute atomic E-state index is 13.2. The van der Waals surface area contributed by atoms with Gasteiger partial charge in [0.25, 0.3) is 5.91 Å². The van der Waals surface area contributed by atoms with Crippen molar-refractivity contribution in [1.29, 1.82) is 0 Å². The molecule has 1 aromatic rings. The Hall–Kier alpha value is -2.77. The molecule has 8 heteroatoms. The van der Waals surface area contributed by atoms with E-state index < -0.39 is 6.04 Å². The van der Waals surface area contributed by atoms with Gasteiger partial charge >= 0.3 is 12.1 Å². The Labute approximate surface area is 179 Å². The molecule has 1 atom stereocenters. The minimum atomic E-state index is -0.460. The molecular formula is C22H35N5O3. The lowest BCUT2D eigenvalue weighted by molar-refractivity contribution is -0.120. The van der Waals surface area contributed by atoms with E-state index in [4.69, 9.17) is 0 Å². The van der Waals surface area contributed by atoms with E-state index in [2.05, 4.69) is 5.32 Å². The first kappa shape index (κ1) is 23.5. The molecule has 1 aliphatic heterocycles. The van der Waals surface area contributed by atoms with Crippen molar-refractivity contribution >= 4 is 29.3 Å². The summed E-state index contributed by atoms with van der Waals surface area (Å²) < 4.78 is 0. The van der Waals surface area contributed by atoms with Crippen LogP contribution < -0.4 is 15.1 Å². The normalized spacial score (nSPS) is 16.4. The Balaban J connectivity index is 2.07. The Bertz CT molecular complexity index is 746. The lowest BCUT2D eigenvalue weighted by Crippen LogP contribution is -2.38. The molecule has 0 radical (unpaired) electrons. The maximum Gasteiger partial charge on any atom is 0.332 e. The summed E-state index contributed by atoms with van der Waals surface area (Å²) in [5, 5.41) is 2.83. The number of urea groups is 2. The second-order valence-electron chi connectivity index (χ2n) is 8.55. The second-order valence-corrected chi connectivity index (χ2v) is 8.55. The zero-order valence-corrected chi connectivity index (χ0v) is 19.0. The zero-order chi connectivity index (χ0) is 22.4. The number of nitrogens with one attached hydrogen (secondary N) is 1. The van der Waals surface area contributed by atoms with Crippen molar-refractivity contribution in [3.05, 3.63) is 24.3 Å². The predicted octanol–water partition coefficient (Wildman–Crippen LogP) is 2.99. The quantitative estimate of drug-likeness (QED) is 0.495. The maximum atomic E-state index is 13.2. The van der Waals surface area contributed by atoms with Crippen molar-refractivity contribution in [2.24, 2.45) is 5.92 Å². The number of hydrogen-bond acceptors (Lipinski definition) is 4. The van der Waals surface area contributed by atoms with Crippen molar-refractivity contribution < 1.29 is 14.4 Å². The van der Waals surface area contributed by atoms with Gasteiger partial charge in [0.05, 0.1) is 5.69 Å². The Morgan fingerprint density at radius 1 is 1.07 bits per heavy atom. The highest BCUT2D eigenvalue weighted by Gasteiger charge is 2.45. The fourth-order valence-corrected chi connectivity index (χ4v) is 3.47. The summed E-state index contributed by atoms with van der Waals surface area (Å²) in [6, 6.07) is 6.61. The van der Waals surface area contributed by atoms with Crippen LogP contribution in [0.5, 0.6) is 0 Å². The van der Waals surface area contributed by atoms with E-state index in [9.17, 15) is 14.4 Å². The Morgan fingerprint density at radius 3 is 2.23 bits per heavy atom. The third-order valence-electron chi connectivity index (χ3n) is 5.09. The molecule has 1 N–H and O–H groups in total. The van der Waals surface area contributed by atoms with Gasteiger partial charge in [-0.1, -0.05) is 13.8 Å². The summed E-state index contributed by atoms with van der Waals surface area (Å²) in [6.07, 6.45) is 2.09. The van der Waals surface area contributed by atoms with E-state index in [1.165, 1.54) is 9.80 Å². The number of amides is 5. The van der Waals surface area contributed by atoms with Gasteiger partial charge in [0, 0.05) is 47.0 Å². The molecule has 2 rings (SSSR count). The number of carbonyl (C=O) groups is 3. The van der Waals surface area contributed by atoms with Crippen molar-refractivity contribution in [2.45, 2.75) is 39.2 Å². The minimum Gasteiger partial charge on any atom is -0.378 e. The van der Waals surface area contributed by atoms with Crippen molar-refractivity contribution in [3.8, 4) is 0 Å². The van der Waals surface area contributed by atoms with Crippen LogP contribution in [-0.4, -0.2) is 75.1 Å². The van der Waals surface area contributed by atoms with E-state index >= 15 is 0 Å². The van der Waals surface area contributed by atoms with Gasteiger partial charge in [-0.15, -0.1) is 0 Å². The number of imide groups is 1. The summed E-state index contributed by atoms with van der Waals surface area (Å²) >= 11 is 0. The lowest BCUT2D eigenvalue weighted by Gasteiger charge is -2.23. The molecule has 166 valence electrons. The van der Waals surface area contributed by atoms with E-state index in [0.717, 1.165) is 18.5 Å². The molecule has 1 aliphatic rings. The number of unbranched alkanes of at least 4 members (excludes halogenated alkanes) is 1. The number of rotatable bonds is 9. The summed E-state index contributed by atoms with van der Waals surface area (Å²) in [4.78, 5) is 44.3. The highest BCUT2D eigenvalue weighted by atomic mass is 16.2. The van der Waals surface area contributed by atoms with E-state index in [1.807, 2.05) is 57.1 Å². The van der Waals surface area contributed by atoms with E-state index in [-0.39, 0.29) is 23.9 Å². The number of nitrogens with zero attached hydrogens (tertiary/aromatic N) is 4. The average molecular weight is 418 g/mol. The van der Waals surface area contributed by atoms with E-state index in [1.54, 1.807) is 19.0 Å². The fourth-order valence-electron chi connectivity index (χ4n) is 3.47. The van der Waals surface area contributed by atoms with Gasteiger partial charge in [-0.2, -0.15) is 0 Å². The van der Waals surface area contributed by atoms with Crippen LogP contribution in [0.15, 0.2) is 24.3 Å². The highest BCUT2D eigenvalue weighted by molar-refractivity contribution is 6.21. The largest absolute Gasteiger partial charge is 0.378 e. The summed E-state index contributed by atoms with van der Waals surface area (Å²) in [5.74, 6) is 0.0928. The van der Waals surface area contributed by atoms with Gasteiger partial charge in [-0.25, -0.2) is 14.5 Å². The van der Waals surface area contributed by atoms with Crippen LogP contribution in [0.3, 0.4) is 0 Å². The van der Waals surface area contributed by atoms with Crippen LogP contribution in [-0.2, 0) is 4.79 Å². The molecule has 1 fully saturated rings. The van der Waals surface area contributed by atoms with E-state index in [0.29, 0.717) is 25.2 Å². The Morgan fingerprint density at radius 2 is 1.70 bits per heavy atom. The molecule has 0 bridgehead atoms. The molecule has 8 nitrogen and oxygen atoms in total. The van der Waals surface area contributed by atoms with Crippen LogP contribution in [0.1, 0.15) is 33.1 Å². The number of benzene rings is 1. The zero-order valence-electron chi connectivity index (χ0n) is 19.0. The molecule has 0 saturated carbocycles. The van der Waals surface area contributed by atoms with Gasteiger partial charge in [0.2, 0.25) is 0 Å². The van der Waals surface area contributed by atoms with Gasteiger partial charge in [0.1, 0.15) is 6.04 Å². The lowest BCUT2D eigenvalue weighted by atomic mass is 10.1. The molecule has 1 heterocycles. The van der Waals surface area contributed by atoms with Crippen molar-refractivity contribution in [3.63, 3.8) is 0 Å². The molecule has 1 aromatic carbocycles. The van der Waals surface area contributed by atoms with Crippen LogP contribution in [0.25, 0.3) is 0 Å². The van der Waals surface area contributed by atoms with Crippen molar-refractivity contribution in [2.75, 3.05) is 51.1 Å². The predicted molar refractivity (Wildman–Crippen MR) is 120 cm³/mol. The summed E-state index contributed by atoms with van der Waals surface area (Å²) in [7, 11) is 7.29. The third kappa shape index (κ3) is 5.64. The molecule has 5 amide bonds. The van der Waals surface area contributed by atoms with Crippen LogP contribution >= 0.6 is 0 Å². The van der Waals surface area contributed by atoms with Crippen LogP contribution in [0.4, 0.5) is 21.0 Å². The SMILES string of the molecule is CC(C)CN1C(=O)N(c2ccc(N(C)C)cc2)C(=O)[C@@H]1CCCCNC(=O)N(C)C.